The maximum absolute atomic E-state index is 7.50. The molecule has 0 amide bonds. The predicted octanol–water partition coefficient (Wildman–Crippen LogP) is 2.89. The Labute approximate surface area is 95.2 Å². The van der Waals surface area contributed by atoms with Crippen LogP contribution < -0.4 is 5.73 Å². The average molecular weight is 225 g/mol. The SMILES string of the molecule is CCc1nc(C(CC)CC)sc1C(=N)N. The number of thiazole rings is 1. The van der Waals surface area contributed by atoms with Gasteiger partial charge in [-0.15, -0.1) is 11.3 Å². The number of nitrogens with one attached hydrogen (secondary N) is 1. The predicted molar refractivity (Wildman–Crippen MR) is 65.8 cm³/mol. The molecule has 0 aliphatic rings. The molecule has 0 saturated carbocycles. The first kappa shape index (κ1) is 12.2. The number of rotatable bonds is 5. The zero-order valence-corrected chi connectivity index (χ0v) is 10.4. The molecule has 0 fully saturated rings. The van der Waals surface area contributed by atoms with E-state index in [2.05, 4.69) is 25.8 Å². The molecule has 0 saturated heterocycles. The van der Waals surface area contributed by atoms with Gasteiger partial charge < -0.3 is 5.73 Å². The van der Waals surface area contributed by atoms with Gasteiger partial charge in [-0.25, -0.2) is 4.98 Å². The van der Waals surface area contributed by atoms with Gasteiger partial charge in [-0.3, -0.25) is 5.41 Å². The molecule has 0 aromatic carbocycles. The fourth-order valence-electron chi connectivity index (χ4n) is 1.63. The van der Waals surface area contributed by atoms with Crippen LogP contribution in [-0.2, 0) is 6.42 Å². The van der Waals surface area contributed by atoms with Crippen LogP contribution in [0, 0.1) is 5.41 Å². The molecule has 0 unspecified atom stereocenters. The van der Waals surface area contributed by atoms with E-state index >= 15 is 0 Å². The Morgan fingerprint density at radius 3 is 2.33 bits per heavy atom. The Balaban J connectivity index is 3.06. The molecular formula is C11H19N3S. The van der Waals surface area contributed by atoms with Crippen LogP contribution in [0.25, 0.3) is 0 Å². The fraction of sp³-hybridized carbons (Fsp3) is 0.636. The Kier molecular flexibility index (Phi) is 4.27. The molecule has 0 aliphatic heterocycles. The van der Waals surface area contributed by atoms with E-state index in [1.54, 1.807) is 11.3 Å². The number of nitrogens with two attached hydrogens (primary N) is 1. The van der Waals surface area contributed by atoms with Crippen molar-refractivity contribution in [3.63, 3.8) is 0 Å². The van der Waals surface area contributed by atoms with Gasteiger partial charge in [0.15, 0.2) is 0 Å². The molecule has 1 rings (SSSR count). The van der Waals surface area contributed by atoms with Crippen molar-refractivity contribution >= 4 is 17.2 Å². The van der Waals surface area contributed by atoms with Crippen LogP contribution in [0.4, 0.5) is 0 Å². The summed E-state index contributed by atoms with van der Waals surface area (Å²) in [4.78, 5) is 5.45. The van der Waals surface area contributed by atoms with Crippen LogP contribution in [-0.4, -0.2) is 10.8 Å². The molecule has 0 spiro atoms. The Bertz CT molecular complexity index is 340. The highest BCUT2D eigenvalue weighted by atomic mass is 32.1. The van der Waals surface area contributed by atoms with Crippen molar-refractivity contribution in [1.82, 2.24) is 4.98 Å². The lowest BCUT2D eigenvalue weighted by Gasteiger charge is -2.06. The molecule has 3 nitrogen and oxygen atoms in total. The zero-order valence-electron chi connectivity index (χ0n) is 9.63. The maximum Gasteiger partial charge on any atom is 0.135 e. The van der Waals surface area contributed by atoms with E-state index in [4.69, 9.17) is 11.1 Å². The third-order valence-electron chi connectivity index (χ3n) is 2.63. The molecule has 0 radical (unpaired) electrons. The molecule has 84 valence electrons. The summed E-state index contributed by atoms with van der Waals surface area (Å²) in [6, 6.07) is 0. The van der Waals surface area contributed by atoms with Gasteiger partial charge in [0.1, 0.15) is 5.84 Å². The molecule has 1 heterocycles. The van der Waals surface area contributed by atoms with Gasteiger partial charge in [-0.1, -0.05) is 20.8 Å². The maximum atomic E-state index is 7.50. The molecule has 0 bridgehead atoms. The zero-order chi connectivity index (χ0) is 11.4. The minimum atomic E-state index is 0.154. The molecule has 1 aromatic rings. The highest BCUT2D eigenvalue weighted by Gasteiger charge is 2.17. The third kappa shape index (κ3) is 2.56. The van der Waals surface area contributed by atoms with Crippen LogP contribution in [0.5, 0.6) is 0 Å². The molecule has 4 heteroatoms. The molecular weight excluding hydrogens is 206 g/mol. The van der Waals surface area contributed by atoms with Crippen LogP contribution in [0.2, 0.25) is 0 Å². The second-order valence-electron chi connectivity index (χ2n) is 3.61. The number of aryl methyl sites for hydroxylation is 1. The van der Waals surface area contributed by atoms with Crippen molar-refractivity contribution in [3.05, 3.63) is 15.6 Å². The highest BCUT2D eigenvalue weighted by molar-refractivity contribution is 7.13. The average Bonchev–Trinajstić information content (AvgIpc) is 2.64. The van der Waals surface area contributed by atoms with Gasteiger partial charge in [0.05, 0.1) is 15.6 Å². The molecule has 15 heavy (non-hydrogen) atoms. The van der Waals surface area contributed by atoms with Gasteiger partial charge in [0.2, 0.25) is 0 Å². The lowest BCUT2D eigenvalue weighted by molar-refractivity contribution is 0.635. The van der Waals surface area contributed by atoms with Crippen LogP contribution in [0.1, 0.15) is 55.1 Å². The topological polar surface area (TPSA) is 62.8 Å². The molecule has 0 atom stereocenters. The minimum absolute atomic E-state index is 0.154. The van der Waals surface area contributed by atoms with E-state index in [1.165, 1.54) is 0 Å². The summed E-state index contributed by atoms with van der Waals surface area (Å²) in [5, 5.41) is 8.64. The summed E-state index contributed by atoms with van der Waals surface area (Å²) in [7, 11) is 0. The van der Waals surface area contributed by atoms with Gasteiger partial charge in [0.25, 0.3) is 0 Å². The monoisotopic (exact) mass is 225 g/mol. The largest absolute Gasteiger partial charge is 0.383 e. The first-order valence-electron chi connectivity index (χ1n) is 5.47. The Morgan fingerprint density at radius 2 is 2.00 bits per heavy atom. The summed E-state index contributed by atoms with van der Waals surface area (Å²) >= 11 is 1.59. The van der Waals surface area contributed by atoms with Gasteiger partial charge >= 0.3 is 0 Å². The summed E-state index contributed by atoms with van der Waals surface area (Å²) in [5.41, 5.74) is 6.52. The van der Waals surface area contributed by atoms with E-state index in [0.717, 1.165) is 34.8 Å². The number of nitrogens with zero attached hydrogens (tertiary/aromatic N) is 1. The van der Waals surface area contributed by atoms with Crippen LogP contribution >= 0.6 is 11.3 Å². The molecule has 3 N–H and O–H groups in total. The summed E-state index contributed by atoms with van der Waals surface area (Å²) in [6.45, 7) is 6.40. The van der Waals surface area contributed by atoms with E-state index in [1.807, 2.05) is 0 Å². The second kappa shape index (κ2) is 5.26. The van der Waals surface area contributed by atoms with E-state index < -0.39 is 0 Å². The number of amidine groups is 1. The molecule has 1 aromatic heterocycles. The Morgan fingerprint density at radius 1 is 1.40 bits per heavy atom. The van der Waals surface area contributed by atoms with Crippen LogP contribution in [0.3, 0.4) is 0 Å². The lowest BCUT2D eigenvalue weighted by Crippen LogP contribution is -2.11. The first-order chi connectivity index (χ1) is 7.13. The van der Waals surface area contributed by atoms with Crippen molar-refractivity contribution in [2.45, 2.75) is 46.0 Å². The summed E-state index contributed by atoms with van der Waals surface area (Å²) < 4.78 is 0. The van der Waals surface area contributed by atoms with Crippen molar-refractivity contribution in [2.75, 3.05) is 0 Å². The number of nitrogen functional groups attached to an aromatic ring is 1. The van der Waals surface area contributed by atoms with Crippen molar-refractivity contribution in [1.29, 1.82) is 5.41 Å². The van der Waals surface area contributed by atoms with E-state index in [9.17, 15) is 0 Å². The first-order valence-corrected chi connectivity index (χ1v) is 6.29. The fourth-order valence-corrected chi connectivity index (χ4v) is 2.92. The normalized spacial score (nSPS) is 10.9. The number of aromatic nitrogens is 1. The highest BCUT2D eigenvalue weighted by Crippen LogP contribution is 2.29. The van der Waals surface area contributed by atoms with Crippen molar-refractivity contribution in [3.8, 4) is 0 Å². The van der Waals surface area contributed by atoms with Crippen LogP contribution in [0.15, 0.2) is 0 Å². The standard InChI is InChI=1S/C11H19N3S/c1-4-7(5-2)11-14-8(6-3)9(15-11)10(12)13/h7H,4-6H2,1-3H3,(H3,12,13). The minimum Gasteiger partial charge on any atom is -0.383 e. The van der Waals surface area contributed by atoms with Gasteiger partial charge in [0, 0.05) is 5.92 Å². The van der Waals surface area contributed by atoms with Gasteiger partial charge in [-0.2, -0.15) is 0 Å². The van der Waals surface area contributed by atoms with E-state index in [0.29, 0.717) is 5.92 Å². The molecule has 0 aliphatic carbocycles. The van der Waals surface area contributed by atoms with Crippen molar-refractivity contribution in [2.24, 2.45) is 5.73 Å². The van der Waals surface area contributed by atoms with Gasteiger partial charge in [-0.05, 0) is 19.3 Å². The smallest absolute Gasteiger partial charge is 0.135 e. The third-order valence-corrected chi connectivity index (χ3v) is 3.92. The second-order valence-corrected chi connectivity index (χ2v) is 4.64. The quantitative estimate of drug-likeness (QED) is 0.598. The number of hydrogen-bond donors (Lipinski definition) is 2. The lowest BCUT2D eigenvalue weighted by atomic mass is 10.1. The van der Waals surface area contributed by atoms with Crippen molar-refractivity contribution < 1.29 is 0 Å². The number of hydrogen-bond acceptors (Lipinski definition) is 3. The summed E-state index contributed by atoms with van der Waals surface area (Å²) in [6.07, 6.45) is 3.06. The van der Waals surface area contributed by atoms with E-state index in [-0.39, 0.29) is 5.84 Å². The Hall–Kier alpha value is -0.900. The summed E-state index contributed by atoms with van der Waals surface area (Å²) in [5.74, 6) is 0.676.